The summed E-state index contributed by atoms with van der Waals surface area (Å²) in [6.45, 7) is 2.50. The molecule has 0 radical (unpaired) electrons. The SMILES string of the molecule is Cc1cc(NCCc2ccc(Cl)cc2)cc(C(=O)O)c1N. The normalized spacial score (nSPS) is 10.4. The largest absolute Gasteiger partial charge is 0.478 e. The maximum atomic E-state index is 11.1. The summed E-state index contributed by atoms with van der Waals surface area (Å²) in [5, 5.41) is 13.1. The average molecular weight is 305 g/mol. The molecule has 2 aromatic rings. The van der Waals surface area contributed by atoms with Gasteiger partial charge in [0.25, 0.3) is 0 Å². The van der Waals surface area contributed by atoms with E-state index in [0.717, 1.165) is 23.2 Å². The second-order valence-electron chi connectivity index (χ2n) is 4.86. The number of aryl methyl sites for hydroxylation is 1. The van der Waals surface area contributed by atoms with Gasteiger partial charge in [0.1, 0.15) is 0 Å². The molecular weight excluding hydrogens is 288 g/mol. The summed E-state index contributed by atoms with van der Waals surface area (Å²) in [5.41, 5.74) is 8.88. The number of benzene rings is 2. The van der Waals surface area contributed by atoms with Gasteiger partial charge in [0.2, 0.25) is 0 Å². The second-order valence-corrected chi connectivity index (χ2v) is 5.30. The molecule has 0 amide bonds. The fraction of sp³-hybridized carbons (Fsp3) is 0.188. The summed E-state index contributed by atoms with van der Waals surface area (Å²) >= 11 is 5.84. The molecule has 0 unspecified atom stereocenters. The molecule has 0 aliphatic rings. The molecule has 2 rings (SSSR count). The van der Waals surface area contributed by atoms with Crippen LogP contribution in [0.4, 0.5) is 11.4 Å². The number of hydrogen-bond donors (Lipinski definition) is 3. The fourth-order valence-corrected chi connectivity index (χ4v) is 2.21. The summed E-state index contributed by atoms with van der Waals surface area (Å²) in [5.74, 6) is -1.02. The highest BCUT2D eigenvalue weighted by molar-refractivity contribution is 6.30. The number of carboxylic acids is 1. The number of carbonyl (C=O) groups is 1. The standard InChI is InChI=1S/C16H17ClN2O2/c1-10-8-13(9-14(15(10)18)16(20)21)19-7-6-11-2-4-12(17)5-3-11/h2-5,8-9,19H,6-7,18H2,1H3,(H,20,21). The molecule has 21 heavy (non-hydrogen) atoms. The monoisotopic (exact) mass is 304 g/mol. The van der Waals surface area contributed by atoms with Crippen LogP contribution in [0, 0.1) is 6.92 Å². The quantitative estimate of drug-likeness (QED) is 0.738. The highest BCUT2D eigenvalue weighted by atomic mass is 35.5. The number of halogens is 1. The van der Waals surface area contributed by atoms with Crippen LogP contribution in [0.15, 0.2) is 36.4 Å². The van der Waals surface area contributed by atoms with E-state index < -0.39 is 5.97 Å². The van der Waals surface area contributed by atoms with Crippen LogP contribution in [0.1, 0.15) is 21.5 Å². The Labute approximate surface area is 128 Å². The zero-order valence-corrected chi connectivity index (χ0v) is 12.4. The molecule has 4 nitrogen and oxygen atoms in total. The van der Waals surface area contributed by atoms with Crippen LogP contribution in [0.5, 0.6) is 0 Å². The Kier molecular flexibility index (Phi) is 4.70. The molecule has 5 heteroatoms. The highest BCUT2D eigenvalue weighted by Crippen LogP contribution is 2.23. The van der Waals surface area contributed by atoms with E-state index in [4.69, 9.17) is 22.4 Å². The number of nitrogen functional groups attached to an aromatic ring is 1. The Bertz CT molecular complexity index is 654. The number of anilines is 2. The third kappa shape index (κ3) is 3.89. The Morgan fingerprint density at radius 1 is 1.29 bits per heavy atom. The van der Waals surface area contributed by atoms with E-state index in [2.05, 4.69) is 5.32 Å². The van der Waals surface area contributed by atoms with Crippen LogP contribution in [-0.4, -0.2) is 17.6 Å². The molecule has 0 atom stereocenters. The maximum Gasteiger partial charge on any atom is 0.337 e. The zero-order valence-electron chi connectivity index (χ0n) is 11.7. The topological polar surface area (TPSA) is 75.3 Å². The summed E-state index contributed by atoms with van der Waals surface area (Å²) in [6.07, 6.45) is 0.822. The first-order valence-corrected chi connectivity index (χ1v) is 6.97. The molecular formula is C16H17ClN2O2. The van der Waals surface area contributed by atoms with E-state index in [1.807, 2.05) is 30.3 Å². The molecule has 0 saturated carbocycles. The van der Waals surface area contributed by atoms with Crippen molar-refractivity contribution in [3.63, 3.8) is 0 Å². The number of hydrogen-bond acceptors (Lipinski definition) is 3. The summed E-state index contributed by atoms with van der Waals surface area (Å²) in [4.78, 5) is 11.1. The number of nitrogens with one attached hydrogen (secondary N) is 1. The highest BCUT2D eigenvalue weighted by Gasteiger charge is 2.11. The van der Waals surface area contributed by atoms with Crippen molar-refractivity contribution in [1.29, 1.82) is 0 Å². The van der Waals surface area contributed by atoms with Gasteiger partial charge in [0.15, 0.2) is 0 Å². The minimum atomic E-state index is -1.02. The summed E-state index contributed by atoms with van der Waals surface area (Å²) in [7, 11) is 0. The van der Waals surface area contributed by atoms with Crippen molar-refractivity contribution in [3.05, 3.63) is 58.1 Å². The van der Waals surface area contributed by atoms with Crippen LogP contribution in [0.3, 0.4) is 0 Å². The predicted octanol–water partition coefficient (Wildman–Crippen LogP) is 3.58. The first-order chi connectivity index (χ1) is 9.97. The average Bonchev–Trinajstić information content (AvgIpc) is 2.44. The van der Waals surface area contributed by atoms with Gasteiger partial charge in [0.05, 0.1) is 5.56 Å². The first kappa shape index (κ1) is 15.2. The number of nitrogens with two attached hydrogens (primary N) is 1. The van der Waals surface area contributed by atoms with Crippen molar-refractivity contribution >= 4 is 28.9 Å². The van der Waals surface area contributed by atoms with Crippen LogP contribution < -0.4 is 11.1 Å². The smallest absolute Gasteiger partial charge is 0.337 e. The third-order valence-corrected chi connectivity index (χ3v) is 3.53. The van der Waals surface area contributed by atoms with E-state index in [1.54, 1.807) is 13.0 Å². The lowest BCUT2D eigenvalue weighted by atomic mass is 10.1. The van der Waals surface area contributed by atoms with Crippen molar-refractivity contribution in [3.8, 4) is 0 Å². The predicted molar refractivity (Wildman–Crippen MR) is 86.2 cm³/mol. The van der Waals surface area contributed by atoms with Gasteiger partial charge in [-0.05, 0) is 48.7 Å². The van der Waals surface area contributed by atoms with Gasteiger partial charge in [-0.25, -0.2) is 4.79 Å². The molecule has 0 fully saturated rings. The van der Waals surface area contributed by atoms with Crippen molar-refractivity contribution in [2.75, 3.05) is 17.6 Å². The first-order valence-electron chi connectivity index (χ1n) is 6.59. The van der Waals surface area contributed by atoms with Crippen LogP contribution in [0.2, 0.25) is 5.02 Å². The summed E-state index contributed by atoms with van der Waals surface area (Å²) < 4.78 is 0. The zero-order chi connectivity index (χ0) is 15.4. The van der Waals surface area contributed by atoms with Gasteiger partial charge in [-0.15, -0.1) is 0 Å². The van der Waals surface area contributed by atoms with Crippen LogP contribution in [-0.2, 0) is 6.42 Å². The lowest BCUT2D eigenvalue weighted by Crippen LogP contribution is -2.09. The van der Waals surface area contributed by atoms with E-state index in [1.165, 1.54) is 0 Å². The molecule has 0 aliphatic heterocycles. The van der Waals surface area contributed by atoms with Gasteiger partial charge in [-0.2, -0.15) is 0 Å². The third-order valence-electron chi connectivity index (χ3n) is 3.27. The van der Waals surface area contributed by atoms with E-state index in [0.29, 0.717) is 17.3 Å². The van der Waals surface area contributed by atoms with Crippen LogP contribution >= 0.6 is 11.6 Å². The van der Waals surface area contributed by atoms with Crippen molar-refractivity contribution in [2.45, 2.75) is 13.3 Å². The molecule has 2 aromatic carbocycles. The van der Waals surface area contributed by atoms with Gasteiger partial charge < -0.3 is 16.2 Å². The number of carboxylic acid groups (broad SMARTS) is 1. The summed E-state index contributed by atoms with van der Waals surface area (Å²) in [6, 6.07) is 11.1. The molecule has 0 spiro atoms. The molecule has 4 N–H and O–H groups in total. The maximum absolute atomic E-state index is 11.1. The molecule has 0 bridgehead atoms. The molecule has 0 heterocycles. The van der Waals surface area contributed by atoms with Gasteiger partial charge >= 0.3 is 5.97 Å². The van der Waals surface area contributed by atoms with E-state index in [9.17, 15) is 4.79 Å². The molecule has 0 aromatic heterocycles. The Balaban J connectivity index is 2.03. The van der Waals surface area contributed by atoms with Crippen molar-refractivity contribution in [1.82, 2.24) is 0 Å². The van der Waals surface area contributed by atoms with Gasteiger partial charge in [0, 0.05) is 22.9 Å². The minimum Gasteiger partial charge on any atom is -0.478 e. The Morgan fingerprint density at radius 2 is 1.95 bits per heavy atom. The van der Waals surface area contributed by atoms with Crippen molar-refractivity contribution < 1.29 is 9.90 Å². The van der Waals surface area contributed by atoms with Crippen LogP contribution in [0.25, 0.3) is 0 Å². The van der Waals surface area contributed by atoms with Gasteiger partial charge in [-0.3, -0.25) is 0 Å². The number of aromatic carboxylic acids is 1. The lowest BCUT2D eigenvalue weighted by molar-refractivity contribution is 0.0698. The van der Waals surface area contributed by atoms with Gasteiger partial charge in [-0.1, -0.05) is 23.7 Å². The fourth-order valence-electron chi connectivity index (χ4n) is 2.08. The van der Waals surface area contributed by atoms with Crippen molar-refractivity contribution in [2.24, 2.45) is 0 Å². The van der Waals surface area contributed by atoms with E-state index >= 15 is 0 Å². The number of rotatable bonds is 5. The molecule has 0 saturated heterocycles. The Hall–Kier alpha value is -2.20. The Morgan fingerprint density at radius 3 is 2.57 bits per heavy atom. The van der Waals surface area contributed by atoms with E-state index in [-0.39, 0.29) is 5.56 Å². The molecule has 0 aliphatic carbocycles. The lowest BCUT2D eigenvalue weighted by Gasteiger charge is -2.11. The second kappa shape index (κ2) is 6.50. The minimum absolute atomic E-state index is 0.129. The molecule has 110 valence electrons.